The molecule has 1 unspecified atom stereocenters. The molecule has 0 aliphatic carbocycles. The molecule has 0 saturated carbocycles. The molecule has 1 atom stereocenters. The van der Waals surface area contributed by atoms with Gasteiger partial charge in [0.25, 0.3) is 0 Å². The number of hydrogen-bond acceptors (Lipinski definition) is 4. The summed E-state index contributed by atoms with van der Waals surface area (Å²) in [4.78, 5) is 11.0. The van der Waals surface area contributed by atoms with Crippen molar-refractivity contribution >= 4 is 27.1 Å². The van der Waals surface area contributed by atoms with Gasteiger partial charge in [-0.25, -0.2) is 9.97 Å². The summed E-state index contributed by atoms with van der Waals surface area (Å²) in [5, 5.41) is 9.13. The lowest BCUT2D eigenvalue weighted by Crippen LogP contribution is -2.33. The Bertz CT molecular complexity index is 584. The third-order valence-corrected chi connectivity index (χ3v) is 4.11. The highest BCUT2D eigenvalue weighted by atomic mass is 79.9. The number of rotatable bonds is 6. The summed E-state index contributed by atoms with van der Waals surface area (Å²) in [7, 11) is 2.04. The number of pyridine rings is 1. The summed E-state index contributed by atoms with van der Waals surface area (Å²) in [6, 6.07) is 2.26. The predicted octanol–water partition coefficient (Wildman–Crippen LogP) is 2.20. The summed E-state index contributed by atoms with van der Waals surface area (Å²) < 4.78 is 3.17. The number of imidazole rings is 1. The Hall–Kier alpha value is -0.980. The lowest BCUT2D eigenvalue weighted by atomic mass is 10.3. The molecule has 0 aliphatic rings. The number of aliphatic hydroxyl groups excluding tert-OH is 1. The molecule has 2 aromatic heterocycles. The van der Waals surface area contributed by atoms with Gasteiger partial charge in [-0.05, 0) is 55.9 Å². The monoisotopic (exact) mass is 340 g/mol. The molecule has 0 radical (unpaired) electrons. The minimum atomic E-state index is 0.195. The van der Waals surface area contributed by atoms with Crippen LogP contribution in [-0.2, 0) is 6.54 Å². The Labute approximate surface area is 127 Å². The quantitative estimate of drug-likeness (QED) is 0.875. The molecule has 0 spiro atoms. The Balaban J connectivity index is 2.06. The summed E-state index contributed by atoms with van der Waals surface area (Å²) >= 11 is 3.46. The van der Waals surface area contributed by atoms with Gasteiger partial charge in [0.05, 0.1) is 12.1 Å². The standard InChI is InChI=1S/C14H21BrN4O/c1-10(9-20)18(3)5-4-6-19-11(2)17-14-13(19)7-12(15)8-16-14/h7-8,10,20H,4-6,9H2,1-3H3. The fourth-order valence-corrected chi connectivity index (χ4v) is 2.53. The molecule has 0 aromatic carbocycles. The zero-order chi connectivity index (χ0) is 14.7. The van der Waals surface area contributed by atoms with Crippen LogP contribution in [0.15, 0.2) is 16.7 Å². The highest BCUT2D eigenvalue weighted by Gasteiger charge is 2.10. The van der Waals surface area contributed by atoms with Crippen molar-refractivity contribution in [2.75, 3.05) is 20.2 Å². The molecule has 2 heterocycles. The Kier molecular flexibility index (Phi) is 5.12. The normalized spacial score (nSPS) is 13.3. The number of likely N-dealkylation sites (N-methyl/N-ethyl adjacent to an activating group) is 1. The molecule has 0 aliphatic heterocycles. The van der Waals surface area contributed by atoms with Crippen molar-refractivity contribution in [1.29, 1.82) is 0 Å². The molecular formula is C14H21BrN4O. The van der Waals surface area contributed by atoms with Gasteiger partial charge >= 0.3 is 0 Å². The van der Waals surface area contributed by atoms with Crippen molar-refractivity contribution in [2.45, 2.75) is 32.9 Å². The first-order chi connectivity index (χ1) is 9.52. The summed E-state index contributed by atoms with van der Waals surface area (Å²) in [5.74, 6) is 0.989. The molecule has 1 N–H and O–H groups in total. The highest BCUT2D eigenvalue weighted by Crippen LogP contribution is 2.19. The van der Waals surface area contributed by atoms with Crippen LogP contribution in [0.2, 0.25) is 0 Å². The van der Waals surface area contributed by atoms with Crippen LogP contribution < -0.4 is 0 Å². The van der Waals surface area contributed by atoms with E-state index in [0.717, 1.165) is 41.0 Å². The van der Waals surface area contributed by atoms with Crippen LogP contribution in [0.3, 0.4) is 0 Å². The summed E-state index contributed by atoms with van der Waals surface area (Å²) in [5.41, 5.74) is 1.86. The van der Waals surface area contributed by atoms with Gasteiger partial charge < -0.3 is 14.6 Å². The Morgan fingerprint density at radius 1 is 1.50 bits per heavy atom. The van der Waals surface area contributed by atoms with Gasteiger partial charge in [0.15, 0.2) is 5.65 Å². The van der Waals surface area contributed by atoms with Gasteiger partial charge in [0.1, 0.15) is 5.82 Å². The second-order valence-electron chi connectivity index (χ2n) is 5.17. The van der Waals surface area contributed by atoms with Crippen molar-refractivity contribution in [3.05, 3.63) is 22.6 Å². The lowest BCUT2D eigenvalue weighted by Gasteiger charge is -2.22. The van der Waals surface area contributed by atoms with E-state index in [1.807, 2.05) is 20.9 Å². The van der Waals surface area contributed by atoms with Crippen LogP contribution in [0.4, 0.5) is 0 Å². The number of aryl methyl sites for hydroxylation is 2. The van der Waals surface area contributed by atoms with E-state index in [4.69, 9.17) is 5.11 Å². The third-order valence-electron chi connectivity index (χ3n) is 3.67. The fraction of sp³-hybridized carbons (Fsp3) is 0.571. The lowest BCUT2D eigenvalue weighted by molar-refractivity contribution is 0.156. The van der Waals surface area contributed by atoms with Crippen LogP contribution >= 0.6 is 15.9 Å². The van der Waals surface area contributed by atoms with Gasteiger partial charge in [-0.3, -0.25) is 0 Å². The minimum Gasteiger partial charge on any atom is -0.395 e. The van der Waals surface area contributed by atoms with E-state index in [-0.39, 0.29) is 12.6 Å². The molecule has 20 heavy (non-hydrogen) atoms. The van der Waals surface area contributed by atoms with Crippen molar-refractivity contribution in [2.24, 2.45) is 0 Å². The van der Waals surface area contributed by atoms with Crippen LogP contribution in [0, 0.1) is 6.92 Å². The van der Waals surface area contributed by atoms with Crippen LogP contribution in [0.5, 0.6) is 0 Å². The average molecular weight is 341 g/mol. The first-order valence-electron chi connectivity index (χ1n) is 6.82. The molecule has 6 heteroatoms. The summed E-state index contributed by atoms with van der Waals surface area (Å²) in [6.45, 7) is 6.08. The number of aromatic nitrogens is 3. The number of nitrogens with zero attached hydrogens (tertiary/aromatic N) is 4. The largest absolute Gasteiger partial charge is 0.395 e. The second kappa shape index (κ2) is 6.65. The van der Waals surface area contributed by atoms with Gasteiger partial charge in [-0.2, -0.15) is 0 Å². The van der Waals surface area contributed by atoms with Crippen LogP contribution in [0.1, 0.15) is 19.2 Å². The van der Waals surface area contributed by atoms with E-state index in [1.54, 1.807) is 6.20 Å². The van der Waals surface area contributed by atoms with Gasteiger partial charge in [0, 0.05) is 23.3 Å². The maximum atomic E-state index is 9.13. The zero-order valence-electron chi connectivity index (χ0n) is 12.2. The molecule has 0 fully saturated rings. The molecule has 0 saturated heterocycles. The van der Waals surface area contributed by atoms with E-state index in [2.05, 4.69) is 41.4 Å². The van der Waals surface area contributed by atoms with Crippen molar-refractivity contribution in [1.82, 2.24) is 19.4 Å². The number of aliphatic hydroxyl groups is 1. The summed E-state index contributed by atoms with van der Waals surface area (Å²) in [6.07, 6.45) is 2.79. The van der Waals surface area contributed by atoms with Crippen molar-refractivity contribution < 1.29 is 5.11 Å². The average Bonchev–Trinajstić information content (AvgIpc) is 2.73. The topological polar surface area (TPSA) is 54.2 Å². The van der Waals surface area contributed by atoms with E-state index >= 15 is 0 Å². The molecule has 5 nitrogen and oxygen atoms in total. The smallest absolute Gasteiger partial charge is 0.177 e. The first-order valence-corrected chi connectivity index (χ1v) is 7.61. The molecule has 110 valence electrons. The maximum absolute atomic E-state index is 9.13. The zero-order valence-corrected chi connectivity index (χ0v) is 13.8. The first kappa shape index (κ1) is 15.4. The van der Waals surface area contributed by atoms with E-state index in [9.17, 15) is 0 Å². The fourth-order valence-electron chi connectivity index (χ4n) is 2.21. The van der Waals surface area contributed by atoms with Crippen LogP contribution in [0.25, 0.3) is 11.2 Å². The van der Waals surface area contributed by atoms with Gasteiger partial charge in [-0.15, -0.1) is 0 Å². The number of hydrogen-bond donors (Lipinski definition) is 1. The number of fused-ring (bicyclic) bond motifs is 1. The molecule has 2 rings (SSSR count). The van der Waals surface area contributed by atoms with Gasteiger partial charge in [-0.1, -0.05) is 0 Å². The van der Waals surface area contributed by atoms with Crippen molar-refractivity contribution in [3.8, 4) is 0 Å². The predicted molar refractivity (Wildman–Crippen MR) is 83.8 cm³/mol. The van der Waals surface area contributed by atoms with E-state index < -0.39 is 0 Å². The van der Waals surface area contributed by atoms with Crippen LogP contribution in [-0.4, -0.2) is 50.8 Å². The maximum Gasteiger partial charge on any atom is 0.177 e. The Morgan fingerprint density at radius 2 is 2.25 bits per heavy atom. The third kappa shape index (κ3) is 3.37. The van der Waals surface area contributed by atoms with Crippen molar-refractivity contribution in [3.63, 3.8) is 0 Å². The minimum absolute atomic E-state index is 0.195. The van der Waals surface area contributed by atoms with E-state index in [1.165, 1.54) is 0 Å². The van der Waals surface area contributed by atoms with Gasteiger partial charge in [0.2, 0.25) is 0 Å². The molecule has 2 aromatic rings. The molecule has 0 amide bonds. The number of halogens is 1. The molecule has 0 bridgehead atoms. The Morgan fingerprint density at radius 3 is 2.95 bits per heavy atom. The second-order valence-corrected chi connectivity index (χ2v) is 6.09. The van der Waals surface area contributed by atoms with E-state index in [0.29, 0.717) is 0 Å². The SMILES string of the molecule is Cc1nc2ncc(Br)cc2n1CCCN(C)C(C)CO. The highest BCUT2D eigenvalue weighted by molar-refractivity contribution is 9.10. The molecular weight excluding hydrogens is 320 g/mol.